The molecule has 0 saturated heterocycles. The lowest BCUT2D eigenvalue weighted by Crippen LogP contribution is -2.40. The molecule has 1 amide bonds. The fourth-order valence-corrected chi connectivity index (χ4v) is 1.72. The quantitative estimate of drug-likeness (QED) is 0.713. The maximum atomic E-state index is 11.6. The molecule has 0 heterocycles. The third-order valence-electron chi connectivity index (χ3n) is 3.06. The molecular weight excluding hydrogens is 322 g/mol. The van der Waals surface area contributed by atoms with E-state index in [2.05, 4.69) is 21.2 Å². The topological polar surface area (TPSA) is 58.6 Å². The van der Waals surface area contributed by atoms with Crippen molar-refractivity contribution in [2.75, 3.05) is 13.2 Å². The third kappa shape index (κ3) is 6.91. The van der Waals surface area contributed by atoms with E-state index in [0.717, 1.165) is 10.2 Å². The van der Waals surface area contributed by atoms with Gasteiger partial charge in [0.2, 0.25) is 5.91 Å². The molecule has 1 atom stereocenters. The number of nitrogens with one attached hydrogen (secondary N) is 1. The molecule has 1 aromatic carbocycles. The van der Waals surface area contributed by atoms with Crippen LogP contribution in [0, 0.1) is 0 Å². The maximum absolute atomic E-state index is 11.6. The summed E-state index contributed by atoms with van der Waals surface area (Å²) >= 11 is 3.36. The number of rotatable bonds is 8. The first kappa shape index (κ1) is 17.0. The van der Waals surface area contributed by atoms with Crippen molar-refractivity contribution < 1.29 is 14.6 Å². The molecular formula is C15H22BrNO3. The van der Waals surface area contributed by atoms with E-state index in [1.807, 2.05) is 31.2 Å². The third-order valence-corrected chi connectivity index (χ3v) is 3.59. The lowest BCUT2D eigenvalue weighted by Gasteiger charge is -2.21. The highest BCUT2D eigenvalue weighted by atomic mass is 79.9. The second kappa shape index (κ2) is 8.27. The zero-order valence-corrected chi connectivity index (χ0v) is 13.6. The SMILES string of the molecule is CCC(C)(O)CNC(=O)CCCOc1ccc(Br)cc1. The zero-order valence-electron chi connectivity index (χ0n) is 12.0. The number of carbonyl (C=O) groups excluding carboxylic acids is 1. The second-order valence-electron chi connectivity index (χ2n) is 5.03. The van der Waals surface area contributed by atoms with Gasteiger partial charge in [0.05, 0.1) is 12.2 Å². The van der Waals surface area contributed by atoms with Crippen molar-refractivity contribution in [1.29, 1.82) is 0 Å². The largest absolute Gasteiger partial charge is 0.494 e. The summed E-state index contributed by atoms with van der Waals surface area (Å²) in [5.41, 5.74) is -0.830. The minimum absolute atomic E-state index is 0.0573. The van der Waals surface area contributed by atoms with Crippen molar-refractivity contribution in [3.8, 4) is 5.75 Å². The highest BCUT2D eigenvalue weighted by Crippen LogP contribution is 2.16. The molecule has 2 N–H and O–H groups in total. The van der Waals surface area contributed by atoms with Crippen LogP contribution in [0.1, 0.15) is 33.1 Å². The first-order valence-corrected chi connectivity index (χ1v) is 7.60. The summed E-state index contributed by atoms with van der Waals surface area (Å²) < 4.78 is 6.53. The van der Waals surface area contributed by atoms with Gasteiger partial charge < -0.3 is 15.2 Å². The van der Waals surface area contributed by atoms with Crippen molar-refractivity contribution in [2.45, 2.75) is 38.7 Å². The molecule has 0 radical (unpaired) electrons. The van der Waals surface area contributed by atoms with Gasteiger partial charge in [-0.25, -0.2) is 0 Å². The van der Waals surface area contributed by atoms with Gasteiger partial charge in [0.1, 0.15) is 5.75 Å². The Morgan fingerprint density at radius 2 is 2.05 bits per heavy atom. The normalized spacial score (nSPS) is 13.6. The predicted molar refractivity (Wildman–Crippen MR) is 82.8 cm³/mol. The Labute approximate surface area is 128 Å². The van der Waals surface area contributed by atoms with Gasteiger partial charge in [-0.1, -0.05) is 22.9 Å². The van der Waals surface area contributed by atoms with Crippen LogP contribution in [-0.4, -0.2) is 29.8 Å². The molecule has 0 spiro atoms. The van der Waals surface area contributed by atoms with Crippen LogP contribution in [-0.2, 0) is 4.79 Å². The molecule has 112 valence electrons. The fourth-order valence-electron chi connectivity index (χ4n) is 1.46. The van der Waals surface area contributed by atoms with E-state index in [1.165, 1.54) is 0 Å². The Kier molecular flexibility index (Phi) is 7.02. The first-order chi connectivity index (χ1) is 9.43. The van der Waals surface area contributed by atoms with Crippen molar-refractivity contribution in [3.63, 3.8) is 0 Å². The standard InChI is InChI=1S/C15H22BrNO3/c1-3-15(2,19)11-17-14(18)5-4-10-20-13-8-6-12(16)7-9-13/h6-9,19H,3-5,10-11H2,1-2H3,(H,17,18). The van der Waals surface area contributed by atoms with E-state index in [1.54, 1.807) is 6.92 Å². The van der Waals surface area contributed by atoms with E-state index in [9.17, 15) is 9.90 Å². The van der Waals surface area contributed by atoms with Gasteiger partial charge in [-0.05, 0) is 44.0 Å². The molecule has 1 rings (SSSR count). The number of benzene rings is 1. The Hall–Kier alpha value is -1.07. The highest BCUT2D eigenvalue weighted by molar-refractivity contribution is 9.10. The van der Waals surface area contributed by atoms with Crippen molar-refractivity contribution in [2.24, 2.45) is 0 Å². The van der Waals surface area contributed by atoms with Crippen LogP contribution in [0.25, 0.3) is 0 Å². The number of hydrogen-bond donors (Lipinski definition) is 2. The number of aliphatic hydroxyl groups is 1. The van der Waals surface area contributed by atoms with E-state index < -0.39 is 5.60 Å². The summed E-state index contributed by atoms with van der Waals surface area (Å²) in [5, 5.41) is 12.5. The second-order valence-corrected chi connectivity index (χ2v) is 5.95. The highest BCUT2D eigenvalue weighted by Gasteiger charge is 2.17. The summed E-state index contributed by atoms with van der Waals surface area (Å²) in [7, 11) is 0. The first-order valence-electron chi connectivity index (χ1n) is 6.80. The van der Waals surface area contributed by atoms with Gasteiger partial charge in [0, 0.05) is 17.4 Å². The molecule has 0 aromatic heterocycles. The molecule has 0 aliphatic heterocycles. The molecule has 0 bridgehead atoms. The Balaban J connectivity index is 2.14. The van der Waals surface area contributed by atoms with Crippen LogP contribution in [0.3, 0.4) is 0 Å². The van der Waals surface area contributed by atoms with Crippen LogP contribution >= 0.6 is 15.9 Å². The summed E-state index contributed by atoms with van der Waals surface area (Å²) in [6.07, 6.45) is 1.66. The summed E-state index contributed by atoms with van der Waals surface area (Å²) in [6, 6.07) is 7.58. The Morgan fingerprint density at radius 3 is 2.65 bits per heavy atom. The molecule has 5 heteroatoms. The monoisotopic (exact) mass is 343 g/mol. The van der Waals surface area contributed by atoms with E-state index >= 15 is 0 Å². The molecule has 4 nitrogen and oxygen atoms in total. The maximum Gasteiger partial charge on any atom is 0.220 e. The van der Waals surface area contributed by atoms with E-state index in [0.29, 0.717) is 25.9 Å². The lowest BCUT2D eigenvalue weighted by atomic mass is 10.0. The summed E-state index contributed by atoms with van der Waals surface area (Å²) in [6.45, 7) is 4.39. The van der Waals surface area contributed by atoms with Gasteiger partial charge in [-0.3, -0.25) is 4.79 Å². The average molecular weight is 344 g/mol. The zero-order chi connectivity index (χ0) is 15.0. The molecule has 0 saturated carbocycles. The molecule has 20 heavy (non-hydrogen) atoms. The average Bonchev–Trinajstić information content (AvgIpc) is 2.43. The predicted octanol–water partition coefficient (Wildman–Crippen LogP) is 2.89. The number of hydrogen-bond acceptors (Lipinski definition) is 3. The Morgan fingerprint density at radius 1 is 1.40 bits per heavy atom. The number of halogens is 1. The van der Waals surface area contributed by atoms with Gasteiger partial charge in [-0.15, -0.1) is 0 Å². The van der Waals surface area contributed by atoms with E-state index in [-0.39, 0.29) is 12.5 Å². The molecule has 1 unspecified atom stereocenters. The van der Waals surface area contributed by atoms with Crippen LogP contribution in [0.5, 0.6) is 5.75 Å². The number of amides is 1. The van der Waals surface area contributed by atoms with Gasteiger partial charge in [0.25, 0.3) is 0 Å². The van der Waals surface area contributed by atoms with Gasteiger partial charge in [-0.2, -0.15) is 0 Å². The van der Waals surface area contributed by atoms with Gasteiger partial charge >= 0.3 is 0 Å². The number of carbonyl (C=O) groups is 1. The van der Waals surface area contributed by atoms with E-state index in [4.69, 9.17) is 4.74 Å². The lowest BCUT2D eigenvalue weighted by molar-refractivity contribution is -0.122. The molecule has 0 fully saturated rings. The minimum Gasteiger partial charge on any atom is -0.494 e. The summed E-state index contributed by atoms with van der Waals surface area (Å²) in [5.74, 6) is 0.737. The Bertz CT molecular complexity index is 418. The van der Waals surface area contributed by atoms with Gasteiger partial charge in [0.15, 0.2) is 0 Å². The fraction of sp³-hybridized carbons (Fsp3) is 0.533. The van der Waals surface area contributed by atoms with Crippen molar-refractivity contribution >= 4 is 21.8 Å². The van der Waals surface area contributed by atoms with Crippen LogP contribution in [0.15, 0.2) is 28.7 Å². The molecule has 0 aliphatic rings. The molecule has 0 aliphatic carbocycles. The van der Waals surface area contributed by atoms with Crippen LogP contribution < -0.4 is 10.1 Å². The smallest absolute Gasteiger partial charge is 0.220 e. The number of ether oxygens (including phenoxy) is 1. The van der Waals surface area contributed by atoms with Crippen molar-refractivity contribution in [1.82, 2.24) is 5.32 Å². The summed E-state index contributed by atoms with van der Waals surface area (Å²) in [4.78, 5) is 11.6. The molecule has 1 aromatic rings. The van der Waals surface area contributed by atoms with Crippen LogP contribution in [0.2, 0.25) is 0 Å². The van der Waals surface area contributed by atoms with Crippen molar-refractivity contribution in [3.05, 3.63) is 28.7 Å². The minimum atomic E-state index is -0.830. The van der Waals surface area contributed by atoms with Crippen LogP contribution in [0.4, 0.5) is 0 Å².